The molecule has 2 rings (SSSR count). The zero-order valence-corrected chi connectivity index (χ0v) is 12.2. The Labute approximate surface area is 114 Å². The molecule has 0 heterocycles. The predicted octanol–water partition coefficient (Wildman–Crippen LogP) is 2.70. The average Bonchev–Trinajstić information content (AvgIpc) is 2.38. The molecule has 4 nitrogen and oxygen atoms in total. The van der Waals surface area contributed by atoms with Gasteiger partial charge in [0.15, 0.2) is 0 Å². The molecule has 0 aromatic heterocycles. The van der Waals surface area contributed by atoms with Crippen molar-refractivity contribution in [3.8, 4) is 5.75 Å². The molecule has 0 bridgehead atoms. The van der Waals surface area contributed by atoms with Crippen LogP contribution in [0, 0.1) is 0 Å². The quantitative estimate of drug-likeness (QED) is 0.798. The molecule has 0 aliphatic heterocycles. The zero-order chi connectivity index (χ0) is 13.9. The lowest BCUT2D eigenvalue weighted by Gasteiger charge is -2.30. The van der Waals surface area contributed by atoms with E-state index in [1.807, 2.05) is 24.3 Å². The average molecular weight is 284 g/mol. The van der Waals surface area contributed by atoms with E-state index in [0.29, 0.717) is 0 Å². The lowest BCUT2D eigenvalue weighted by Crippen LogP contribution is -2.28. The summed E-state index contributed by atoms with van der Waals surface area (Å²) in [5.41, 5.74) is 1.12. The molecule has 0 radical (unpaired) electrons. The highest BCUT2D eigenvalue weighted by Gasteiger charge is 2.29. The molecule has 0 N–H and O–H groups in total. The maximum atomic E-state index is 11.3. The van der Waals surface area contributed by atoms with Gasteiger partial charge in [0.1, 0.15) is 5.75 Å². The molecule has 1 fully saturated rings. The van der Waals surface area contributed by atoms with Crippen molar-refractivity contribution < 1.29 is 17.3 Å². The van der Waals surface area contributed by atoms with Crippen molar-refractivity contribution in [2.75, 3.05) is 13.4 Å². The number of hydrogen-bond donors (Lipinski definition) is 0. The monoisotopic (exact) mass is 284 g/mol. The third kappa shape index (κ3) is 3.94. The minimum Gasteiger partial charge on any atom is -0.497 e. The van der Waals surface area contributed by atoms with Crippen LogP contribution in [0.25, 0.3) is 0 Å². The van der Waals surface area contributed by atoms with Crippen LogP contribution in [0.4, 0.5) is 0 Å². The van der Waals surface area contributed by atoms with E-state index in [0.717, 1.165) is 43.3 Å². The highest BCUT2D eigenvalue weighted by atomic mass is 32.2. The molecule has 106 valence electrons. The highest BCUT2D eigenvalue weighted by Crippen LogP contribution is 2.36. The first-order chi connectivity index (χ1) is 8.99. The van der Waals surface area contributed by atoms with Crippen molar-refractivity contribution in [2.45, 2.75) is 37.7 Å². The Balaban J connectivity index is 2.18. The summed E-state index contributed by atoms with van der Waals surface area (Å²) < 4.78 is 33.0. The Morgan fingerprint density at radius 1 is 1.11 bits per heavy atom. The van der Waals surface area contributed by atoms with Crippen LogP contribution in [0.3, 0.4) is 0 Å². The summed E-state index contributed by atoms with van der Waals surface area (Å²) in [4.78, 5) is 0. The van der Waals surface area contributed by atoms with Gasteiger partial charge in [0.2, 0.25) is 0 Å². The van der Waals surface area contributed by atoms with Gasteiger partial charge in [-0.1, -0.05) is 25.0 Å². The fourth-order valence-corrected chi connectivity index (χ4v) is 3.35. The largest absolute Gasteiger partial charge is 0.497 e. The van der Waals surface area contributed by atoms with E-state index in [4.69, 9.17) is 8.92 Å². The van der Waals surface area contributed by atoms with Gasteiger partial charge in [0.25, 0.3) is 10.1 Å². The standard InChI is InChI=1S/C14H20O4S/c1-17-12-9-7-11(8-10-12)13-5-3-4-6-14(13)18-19(2,15)16/h7-10,13-14H,3-6H2,1-2H3/t13-,14-/m0/s1. The first kappa shape index (κ1) is 14.3. The second kappa shape index (κ2) is 5.92. The Kier molecular flexibility index (Phi) is 4.47. The van der Waals surface area contributed by atoms with Crippen LogP contribution in [-0.4, -0.2) is 27.9 Å². The lowest BCUT2D eigenvalue weighted by atomic mass is 9.82. The van der Waals surface area contributed by atoms with Crippen LogP contribution in [0.2, 0.25) is 0 Å². The van der Waals surface area contributed by atoms with E-state index in [2.05, 4.69) is 0 Å². The van der Waals surface area contributed by atoms with Gasteiger partial charge in [-0.05, 0) is 30.5 Å². The maximum Gasteiger partial charge on any atom is 0.264 e. The van der Waals surface area contributed by atoms with Crippen LogP contribution in [-0.2, 0) is 14.3 Å². The van der Waals surface area contributed by atoms with E-state index >= 15 is 0 Å². The molecule has 0 amide bonds. The molecule has 1 aliphatic rings. The van der Waals surface area contributed by atoms with Crippen molar-refractivity contribution in [3.05, 3.63) is 29.8 Å². The Hall–Kier alpha value is -1.07. The van der Waals surface area contributed by atoms with E-state index in [-0.39, 0.29) is 12.0 Å². The topological polar surface area (TPSA) is 52.6 Å². The maximum absolute atomic E-state index is 11.3. The zero-order valence-electron chi connectivity index (χ0n) is 11.3. The van der Waals surface area contributed by atoms with Gasteiger partial charge >= 0.3 is 0 Å². The summed E-state index contributed by atoms with van der Waals surface area (Å²) in [5, 5.41) is 0. The fraction of sp³-hybridized carbons (Fsp3) is 0.571. The summed E-state index contributed by atoms with van der Waals surface area (Å²) in [7, 11) is -1.77. The summed E-state index contributed by atoms with van der Waals surface area (Å²) in [6, 6.07) is 7.80. The molecule has 0 unspecified atom stereocenters. The normalized spacial score (nSPS) is 24.1. The SMILES string of the molecule is COc1ccc([C@@H]2CCCC[C@@H]2OS(C)(=O)=O)cc1. The van der Waals surface area contributed by atoms with Gasteiger partial charge in [-0.15, -0.1) is 0 Å². The molecule has 1 aromatic rings. The van der Waals surface area contributed by atoms with Crippen LogP contribution in [0.15, 0.2) is 24.3 Å². The van der Waals surface area contributed by atoms with E-state index in [1.165, 1.54) is 0 Å². The molecular weight excluding hydrogens is 264 g/mol. The van der Waals surface area contributed by atoms with Gasteiger partial charge in [-0.25, -0.2) is 0 Å². The third-order valence-corrected chi connectivity index (χ3v) is 4.14. The molecule has 19 heavy (non-hydrogen) atoms. The second-order valence-corrected chi connectivity index (χ2v) is 6.60. The van der Waals surface area contributed by atoms with Crippen molar-refractivity contribution in [1.82, 2.24) is 0 Å². The molecular formula is C14H20O4S. The highest BCUT2D eigenvalue weighted by molar-refractivity contribution is 7.86. The molecule has 1 aromatic carbocycles. The third-order valence-electron chi connectivity index (χ3n) is 3.54. The first-order valence-electron chi connectivity index (χ1n) is 6.52. The van der Waals surface area contributed by atoms with Crippen molar-refractivity contribution in [2.24, 2.45) is 0 Å². The molecule has 2 atom stereocenters. The number of hydrogen-bond acceptors (Lipinski definition) is 4. The Morgan fingerprint density at radius 2 is 1.74 bits per heavy atom. The minimum absolute atomic E-state index is 0.148. The van der Waals surface area contributed by atoms with Gasteiger partial charge in [0.05, 0.1) is 19.5 Å². The number of rotatable bonds is 4. The Bertz CT molecular complexity index is 507. The van der Waals surface area contributed by atoms with Crippen LogP contribution in [0.1, 0.15) is 37.2 Å². The summed E-state index contributed by atoms with van der Waals surface area (Å²) in [5.74, 6) is 0.953. The number of ether oxygens (including phenoxy) is 1. The van der Waals surface area contributed by atoms with Crippen LogP contribution in [0.5, 0.6) is 5.75 Å². The van der Waals surface area contributed by atoms with Gasteiger partial charge in [0, 0.05) is 5.92 Å². The molecule has 1 aliphatic carbocycles. The number of benzene rings is 1. The summed E-state index contributed by atoms with van der Waals surface area (Å²) in [6.45, 7) is 0. The fourth-order valence-electron chi connectivity index (χ4n) is 2.67. The van der Waals surface area contributed by atoms with Crippen molar-refractivity contribution >= 4 is 10.1 Å². The summed E-state index contributed by atoms with van der Waals surface area (Å²) >= 11 is 0. The van der Waals surface area contributed by atoms with E-state index in [1.54, 1.807) is 7.11 Å². The predicted molar refractivity (Wildman–Crippen MR) is 73.9 cm³/mol. The number of methoxy groups -OCH3 is 1. The van der Waals surface area contributed by atoms with Crippen molar-refractivity contribution in [3.63, 3.8) is 0 Å². The van der Waals surface area contributed by atoms with E-state index in [9.17, 15) is 8.42 Å². The minimum atomic E-state index is -3.40. The van der Waals surface area contributed by atoms with Crippen LogP contribution >= 0.6 is 0 Å². The molecule has 1 saturated carbocycles. The van der Waals surface area contributed by atoms with Gasteiger partial charge in [-0.2, -0.15) is 8.42 Å². The van der Waals surface area contributed by atoms with Gasteiger partial charge in [-0.3, -0.25) is 4.18 Å². The van der Waals surface area contributed by atoms with Gasteiger partial charge < -0.3 is 4.74 Å². The van der Waals surface area contributed by atoms with Crippen molar-refractivity contribution in [1.29, 1.82) is 0 Å². The first-order valence-corrected chi connectivity index (χ1v) is 8.33. The lowest BCUT2D eigenvalue weighted by molar-refractivity contribution is 0.138. The smallest absolute Gasteiger partial charge is 0.264 e. The molecule has 0 saturated heterocycles. The Morgan fingerprint density at radius 3 is 2.32 bits per heavy atom. The van der Waals surface area contributed by atoms with E-state index < -0.39 is 10.1 Å². The molecule has 5 heteroatoms. The van der Waals surface area contributed by atoms with Crippen LogP contribution < -0.4 is 4.74 Å². The second-order valence-electron chi connectivity index (χ2n) is 5.00. The molecule has 0 spiro atoms. The summed E-state index contributed by atoms with van der Waals surface area (Å²) in [6.07, 6.45) is 4.77.